The maximum Gasteiger partial charge on any atom is 0.260 e. The summed E-state index contributed by atoms with van der Waals surface area (Å²) in [5, 5.41) is 16.4. The van der Waals surface area contributed by atoms with Crippen molar-refractivity contribution in [1.29, 1.82) is 5.26 Å². The predicted octanol–water partition coefficient (Wildman–Crippen LogP) is 3.53. The Labute approximate surface area is 191 Å². The molecule has 2 aliphatic heterocycles. The van der Waals surface area contributed by atoms with Gasteiger partial charge in [0, 0.05) is 23.7 Å². The second-order valence-corrected chi connectivity index (χ2v) is 9.21. The minimum Gasteiger partial charge on any atom is -0.353 e. The molecule has 1 unspecified atom stereocenters. The van der Waals surface area contributed by atoms with Crippen LogP contribution in [0.1, 0.15) is 30.1 Å². The van der Waals surface area contributed by atoms with Gasteiger partial charge in [-0.1, -0.05) is 23.7 Å². The number of hydrogen-bond donors (Lipinski definition) is 2. The van der Waals surface area contributed by atoms with Gasteiger partial charge in [-0.25, -0.2) is 0 Å². The third-order valence-corrected chi connectivity index (χ3v) is 6.76. The number of likely N-dealkylation sites (tertiary alicyclic amines) is 1. The van der Waals surface area contributed by atoms with Gasteiger partial charge in [0.25, 0.3) is 5.91 Å². The first-order valence-electron chi connectivity index (χ1n) is 10.9. The lowest BCUT2D eigenvalue weighted by Crippen LogP contribution is -2.48. The standard InChI is InChI=1S/C24H24ClN5O2/c1-14(27-12-23(31)30-17(11-26)8-15-9-22(15)30)13-29-21-5-3-2-4-20(21)28-19-7-6-16(25)10-18(19)24(29)32/h2-7,10,14-15,17,22,27-28H,8-9,12-13H2,1H3/t14-,15-,17?,22+/m1/s1. The third-order valence-electron chi connectivity index (χ3n) is 6.52. The lowest BCUT2D eigenvalue weighted by molar-refractivity contribution is -0.131. The van der Waals surface area contributed by atoms with Crippen molar-refractivity contribution in [2.75, 3.05) is 23.3 Å². The molecular formula is C24H24ClN5O2. The topological polar surface area (TPSA) is 88.5 Å². The molecule has 1 aliphatic carbocycles. The molecule has 0 aromatic heterocycles. The second kappa shape index (κ2) is 8.12. The van der Waals surface area contributed by atoms with Crippen molar-refractivity contribution in [3.8, 4) is 6.07 Å². The summed E-state index contributed by atoms with van der Waals surface area (Å²) in [6.45, 7) is 2.48. The molecule has 7 nitrogen and oxygen atoms in total. The molecule has 2 amide bonds. The lowest BCUT2D eigenvalue weighted by Gasteiger charge is -2.28. The number of nitriles is 1. The van der Waals surface area contributed by atoms with Crippen LogP contribution >= 0.6 is 11.6 Å². The number of benzene rings is 2. The highest BCUT2D eigenvalue weighted by molar-refractivity contribution is 6.31. The zero-order valence-corrected chi connectivity index (χ0v) is 18.5. The van der Waals surface area contributed by atoms with Gasteiger partial charge in [-0.05, 0) is 56.0 Å². The van der Waals surface area contributed by atoms with Gasteiger partial charge in [-0.3, -0.25) is 9.59 Å². The van der Waals surface area contributed by atoms with Crippen molar-refractivity contribution < 1.29 is 9.59 Å². The SMILES string of the molecule is C[C@H](CN1C(=O)c2cc(Cl)ccc2Nc2ccccc21)NCC(=O)N1C(C#N)C[C@@H]2C[C@@H]21. The summed E-state index contributed by atoms with van der Waals surface area (Å²) in [4.78, 5) is 29.7. The van der Waals surface area contributed by atoms with E-state index < -0.39 is 0 Å². The number of anilines is 3. The number of fused-ring (bicyclic) bond motifs is 3. The number of piperidine rings is 1. The molecule has 164 valence electrons. The normalized spacial score (nSPS) is 23.9. The number of carbonyl (C=O) groups excluding carboxylic acids is 2. The maximum atomic E-state index is 13.5. The molecule has 2 N–H and O–H groups in total. The molecule has 1 saturated heterocycles. The number of nitrogens with one attached hydrogen (secondary N) is 2. The van der Waals surface area contributed by atoms with Crippen LogP contribution in [0.3, 0.4) is 0 Å². The Morgan fingerprint density at radius 3 is 2.91 bits per heavy atom. The van der Waals surface area contributed by atoms with Crippen molar-refractivity contribution >= 4 is 40.5 Å². The largest absolute Gasteiger partial charge is 0.353 e. The van der Waals surface area contributed by atoms with Gasteiger partial charge >= 0.3 is 0 Å². The molecule has 2 aromatic rings. The van der Waals surface area contributed by atoms with E-state index in [0.29, 0.717) is 28.7 Å². The minimum atomic E-state index is -0.310. The molecule has 1 saturated carbocycles. The number of nitrogens with zero attached hydrogens (tertiary/aromatic N) is 3. The Morgan fingerprint density at radius 2 is 2.09 bits per heavy atom. The Bertz CT molecular complexity index is 1130. The number of hydrogen-bond acceptors (Lipinski definition) is 5. The maximum absolute atomic E-state index is 13.5. The first kappa shape index (κ1) is 20.8. The summed E-state index contributed by atoms with van der Waals surface area (Å²) in [7, 11) is 0. The first-order chi connectivity index (χ1) is 15.5. The average Bonchev–Trinajstić information content (AvgIpc) is 3.48. The number of para-hydroxylation sites is 2. The zero-order chi connectivity index (χ0) is 22.4. The summed E-state index contributed by atoms with van der Waals surface area (Å²) < 4.78 is 0. The van der Waals surface area contributed by atoms with E-state index in [2.05, 4.69) is 16.7 Å². The highest BCUT2D eigenvalue weighted by Gasteiger charge is 2.53. The molecule has 5 rings (SSSR count). The van der Waals surface area contributed by atoms with E-state index in [0.717, 1.165) is 24.2 Å². The lowest BCUT2D eigenvalue weighted by atomic mass is 10.1. The number of rotatable bonds is 5. The van der Waals surface area contributed by atoms with E-state index in [1.165, 1.54) is 0 Å². The van der Waals surface area contributed by atoms with Gasteiger partial charge in [-0.2, -0.15) is 5.26 Å². The molecule has 0 radical (unpaired) electrons. The fourth-order valence-corrected chi connectivity index (χ4v) is 4.99. The zero-order valence-electron chi connectivity index (χ0n) is 17.7. The third kappa shape index (κ3) is 3.70. The van der Waals surface area contributed by atoms with Crippen molar-refractivity contribution in [1.82, 2.24) is 10.2 Å². The van der Waals surface area contributed by atoms with Gasteiger partial charge in [0.05, 0.1) is 35.2 Å². The van der Waals surface area contributed by atoms with Crippen molar-refractivity contribution in [2.45, 2.75) is 37.9 Å². The Kier molecular flexibility index (Phi) is 5.28. The molecule has 2 heterocycles. The van der Waals surface area contributed by atoms with Gasteiger partial charge in [0.2, 0.25) is 5.91 Å². The molecule has 0 spiro atoms. The number of halogens is 1. The summed E-state index contributed by atoms with van der Waals surface area (Å²) in [6.07, 6.45) is 1.80. The van der Waals surface area contributed by atoms with Gasteiger partial charge in [-0.15, -0.1) is 0 Å². The molecule has 0 bridgehead atoms. The average molecular weight is 450 g/mol. The van der Waals surface area contributed by atoms with Gasteiger partial charge < -0.3 is 20.4 Å². The van der Waals surface area contributed by atoms with Crippen molar-refractivity contribution in [2.24, 2.45) is 5.92 Å². The fraction of sp³-hybridized carbons (Fsp3) is 0.375. The van der Waals surface area contributed by atoms with E-state index in [1.54, 1.807) is 21.9 Å². The van der Waals surface area contributed by atoms with E-state index in [-0.39, 0.29) is 36.5 Å². The van der Waals surface area contributed by atoms with E-state index in [1.807, 2.05) is 37.3 Å². The fourth-order valence-electron chi connectivity index (χ4n) is 4.82. The summed E-state index contributed by atoms with van der Waals surface area (Å²) in [5.41, 5.74) is 2.82. The first-order valence-corrected chi connectivity index (χ1v) is 11.3. The quantitative estimate of drug-likeness (QED) is 0.728. The van der Waals surface area contributed by atoms with Gasteiger partial charge in [0.15, 0.2) is 0 Å². The summed E-state index contributed by atoms with van der Waals surface area (Å²) in [5.74, 6) is 0.297. The second-order valence-electron chi connectivity index (χ2n) is 8.77. The van der Waals surface area contributed by atoms with E-state index in [4.69, 9.17) is 11.6 Å². The summed E-state index contributed by atoms with van der Waals surface area (Å²) in [6, 6.07) is 14.9. The Morgan fingerprint density at radius 1 is 1.28 bits per heavy atom. The van der Waals surface area contributed by atoms with Gasteiger partial charge in [0.1, 0.15) is 6.04 Å². The monoisotopic (exact) mass is 449 g/mol. The Balaban J connectivity index is 1.32. The molecule has 32 heavy (non-hydrogen) atoms. The molecule has 4 atom stereocenters. The number of amides is 2. The molecule has 2 aromatic carbocycles. The van der Waals surface area contributed by atoms with Crippen LogP contribution in [0.4, 0.5) is 17.1 Å². The molecule has 8 heteroatoms. The van der Waals surface area contributed by atoms with Crippen LogP contribution < -0.4 is 15.5 Å². The van der Waals surface area contributed by atoms with Crippen molar-refractivity contribution in [3.05, 3.63) is 53.1 Å². The predicted molar refractivity (Wildman–Crippen MR) is 123 cm³/mol. The molecular weight excluding hydrogens is 426 g/mol. The van der Waals surface area contributed by atoms with Crippen LogP contribution in [-0.4, -0.2) is 47.9 Å². The minimum absolute atomic E-state index is 0.0465. The smallest absolute Gasteiger partial charge is 0.260 e. The van der Waals surface area contributed by atoms with E-state index in [9.17, 15) is 14.9 Å². The summed E-state index contributed by atoms with van der Waals surface area (Å²) >= 11 is 6.17. The van der Waals surface area contributed by atoms with Crippen LogP contribution in [0, 0.1) is 17.2 Å². The van der Waals surface area contributed by atoms with Crippen LogP contribution in [0.15, 0.2) is 42.5 Å². The van der Waals surface area contributed by atoms with E-state index >= 15 is 0 Å². The van der Waals surface area contributed by atoms with Crippen LogP contribution in [0.2, 0.25) is 5.02 Å². The molecule has 2 fully saturated rings. The Hall–Kier alpha value is -3.08. The number of carbonyl (C=O) groups is 2. The van der Waals surface area contributed by atoms with Crippen LogP contribution in [-0.2, 0) is 4.79 Å². The molecule has 3 aliphatic rings. The van der Waals surface area contributed by atoms with Crippen LogP contribution in [0.5, 0.6) is 0 Å². The highest BCUT2D eigenvalue weighted by atomic mass is 35.5. The van der Waals surface area contributed by atoms with Crippen LogP contribution in [0.25, 0.3) is 0 Å². The van der Waals surface area contributed by atoms with Crippen molar-refractivity contribution in [3.63, 3.8) is 0 Å². The highest BCUT2D eigenvalue weighted by Crippen LogP contribution is 2.47.